The van der Waals surface area contributed by atoms with Crippen LogP contribution in [0.2, 0.25) is 0 Å². The maximum absolute atomic E-state index is 15.6. The van der Waals surface area contributed by atoms with E-state index in [-0.39, 0.29) is 40.2 Å². The molecule has 0 radical (unpaired) electrons. The minimum Gasteiger partial charge on any atom is -0.463 e. The Morgan fingerprint density at radius 1 is 1.12 bits per heavy atom. The zero-order valence-electron chi connectivity index (χ0n) is 24.5. The number of amides is 1. The van der Waals surface area contributed by atoms with Gasteiger partial charge >= 0.3 is 18.3 Å². The quantitative estimate of drug-likeness (QED) is 0.365. The first-order chi connectivity index (χ1) is 20.2. The molecule has 3 saturated heterocycles. The highest BCUT2D eigenvalue weighted by Crippen LogP contribution is 2.47. The van der Waals surface area contributed by atoms with Crippen LogP contribution in [0.15, 0.2) is 10.5 Å². The lowest BCUT2D eigenvalue weighted by atomic mass is 10.1. The van der Waals surface area contributed by atoms with Crippen molar-refractivity contribution in [3.63, 3.8) is 0 Å². The summed E-state index contributed by atoms with van der Waals surface area (Å²) in [5, 5.41) is -0.0556. The fraction of sp³-hybridized carbons (Fsp3) is 0.690. The number of nitrogens with zero attached hydrogens (tertiary/aromatic N) is 5. The van der Waals surface area contributed by atoms with E-state index >= 15 is 4.39 Å². The molecule has 14 heteroatoms. The number of anilines is 1. The number of morpholine rings is 1. The van der Waals surface area contributed by atoms with Gasteiger partial charge in [-0.2, -0.15) is 23.1 Å². The molecule has 6 rings (SSSR count). The van der Waals surface area contributed by atoms with Crippen LogP contribution in [0.4, 0.5) is 28.2 Å². The minimum absolute atomic E-state index is 0.0556. The third-order valence-electron chi connectivity index (χ3n) is 8.65. The molecule has 3 aliphatic heterocycles. The van der Waals surface area contributed by atoms with Crippen LogP contribution in [0.5, 0.6) is 6.01 Å². The highest BCUT2D eigenvalue weighted by Gasteiger charge is 2.47. The number of aromatic nitrogens is 2. The minimum atomic E-state index is -4.80. The van der Waals surface area contributed by atoms with Crippen molar-refractivity contribution in [1.29, 1.82) is 0 Å². The summed E-state index contributed by atoms with van der Waals surface area (Å²) in [4.78, 5) is 27.8. The smallest absolute Gasteiger partial charge is 0.417 e. The van der Waals surface area contributed by atoms with Crippen LogP contribution < -0.4 is 9.64 Å². The SMILES string of the molecule is CC(C)(C)OC(=O)N1C2CCC1CN(c1nc(OCC3(CN4CCOCC4)CC3)nc3c(F)c(Br)c(C(F)(F)F)cc13)C2. The van der Waals surface area contributed by atoms with Gasteiger partial charge in [0.2, 0.25) is 0 Å². The van der Waals surface area contributed by atoms with Gasteiger partial charge in [-0.25, -0.2) is 9.18 Å². The van der Waals surface area contributed by atoms with Gasteiger partial charge in [-0.05, 0) is 68.5 Å². The van der Waals surface area contributed by atoms with Crippen molar-refractivity contribution >= 4 is 38.7 Å². The van der Waals surface area contributed by atoms with E-state index in [0.717, 1.165) is 38.5 Å². The van der Waals surface area contributed by atoms with Crippen LogP contribution >= 0.6 is 15.9 Å². The maximum atomic E-state index is 15.6. The molecule has 43 heavy (non-hydrogen) atoms. The number of piperazine rings is 1. The van der Waals surface area contributed by atoms with Crippen LogP contribution in [0.25, 0.3) is 10.9 Å². The number of fused-ring (bicyclic) bond motifs is 3. The van der Waals surface area contributed by atoms with Crippen molar-refractivity contribution < 1.29 is 36.6 Å². The molecule has 236 valence electrons. The standard InChI is InChI=1S/C29H36BrF4N5O4/c1-27(2,3)43-26(40)39-17-4-5-18(39)14-38(13-17)24-19-12-20(29(32,33)34)21(30)22(31)23(19)35-25(36-24)42-16-28(6-7-28)15-37-8-10-41-11-9-37/h12,17-18H,4-11,13-16H2,1-3H3. The maximum Gasteiger partial charge on any atom is 0.417 e. The number of benzene rings is 1. The first-order valence-corrected chi connectivity index (χ1v) is 15.5. The van der Waals surface area contributed by atoms with Crippen LogP contribution in [-0.2, 0) is 15.7 Å². The van der Waals surface area contributed by atoms with Gasteiger partial charge in [0, 0.05) is 43.5 Å². The molecule has 0 spiro atoms. The number of carbonyl (C=O) groups excluding carboxylic acids is 1. The summed E-state index contributed by atoms with van der Waals surface area (Å²) in [6, 6.07) is 0.357. The molecule has 0 N–H and O–H groups in total. The lowest BCUT2D eigenvalue weighted by Gasteiger charge is -2.42. The molecule has 1 aromatic carbocycles. The van der Waals surface area contributed by atoms with E-state index in [1.807, 2.05) is 4.90 Å². The zero-order valence-corrected chi connectivity index (χ0v) is 26.1. The average Bonchev–Trinajstić information content (AvgIpc) is 3.64. The fourth-order valence-electron chi connectivity index (χ4n) is 6.34. The molecule has 1 aromatic heterocycles. The summed E-state index contributed by atoms with van der Waals surface area (Å²) in [6.07, 6.45) is -1.85. The topological polar surface area (TPSA) is 80.3 Å². The van der Waals surface area contributed by atoms with Gasteiger partial charge in [-0.3, -0.25) is 9.80 Å². The number of ether oxygens (including phenoxy) is 3. The largest absolute Gasteiger partial charge is 0.463 e. The zero-order chi connectivity index (χ0) is 30.7. The lowest BCUT2D eigenvalue weighted by Crippen LogP contribution is -2.57. The Morgan fingerprint density at radius 2 is 1.77 bits per heavy atom. The first-order valence-electron chi connectivity index (χ1n) is 14.7. The Morgan fingerprint density at radius 3 is 2.35 bits per heavy atom. The first kappa shape index (κ1) is 30.6. The number of hydrogen-bond acceptors (Lipinski definition) is 8. The van der Waals surface area contributed by atoms with Gasteiger partial charge in [-0.15, -0.1) is 0 Å². The summed E-state index contributed by atoms with van der Waals surface area (Å²) in [5.41, 5.74) is -2.14. The van der Waals surface area contributed by atoms with Crippen LogP contribution in [0, 0.1) is 11.2 Å². The molecule has 1 saturated carbocycles. The van der Waals surface area contributed by atoms with Gasteiger partial charge in [0.05, 0.1) is 41.9 Å². The molecule has 9 nitrogen and oxygen atoms in total. The van der Waals surface area contributed by atoms with Crippen molar-refractivity contribution in [2.45, 2.75) is 70.3 Å². The van der Waals surface area contributed by atoms with Crippen LogP contribution in [-0.4, -0.2) is 96.1 Å². The molecule has 4 aliphatic rings. The predicted molar refractivity (Wildman–Crippen MR) is 154 cm³/mol. The number of halogens is 5. The molecule has 2 aromatic rings. The summed E-state index contributed by atoms with van der Waals surface area (Å²) < 4.78 is 73.8. The molecular weight excluding hydrogens is 638 g/mol. The Labute approximate surface area is 256 Å². The van der Waals surface area contributed by atoms with E-state index in [1.54, 1.807) is 25.7 Å². The Bertz CT molecular complexity index is 1380. The van der Waals surface area contributed by atoms with E-state index in [9.17, 15) is 18.0 Å². The van der Waals surface area contributed by atoms with Gasteiger partial charge in [0.15, 0.2) is 5.82 Å². The Kier molecular flexibility index (Phi) is 7.94. The second-order valence-electron chi connectivity index (χ2n) is 13.1. The summed E-state index contributed by atoms with van der Waals surface area (Å²) in [5.74, 6) is -0.959. The van der Waals surface area contributed by atoms with E-state index in [0.29, 0.717) is 45.8 Å². The van der Waals surface area contributed by atoms with Crippen molar-refractivity contribution in [2.75, 3.05) is 57.4 Å². The highest BCUT2D eigenvalue weighted by atomic mass is 79.9. The Balaban J connectivity index is 1.32. The van der Waals surface area contributed by atoms with Crippen molar-refractivity contribution in [3.05, 3.63) is 21.9 Å². The number of carbonyl (C=O) groups is 1. The van der Waals surface area contributed by atoms with E-state index in [2.05, 4.69) is 30.8 Å². The third-order valence-corrected chi connectivity index (χ3v) is 9.42. The van der Waals surface area contributed by atoms with Gasteiger partial charge < -0.3 is 19.1 Å². The lowest BCUT2D eigenvalue weighted by molar-refractivity contribution is -0.138. The number of rotatable bonds is 6. The molecule has 1 aliphatic carbocycles. The third kappa shape index (κ3) is 6.37. The Hall–Kier alpha value is -2.45. The number of alkyl halides is 3. The summed E-state index contributed by atoms with van der Waals surface area (Å²) in [6.45, 7) is 10.2. The molecular formula is C29H36BrF4N5O4. The fourth-order valence-corrected chi connectivity index (χ4v) is 6.87. The summed E-state index contributed by atoms with van der Waals surface area (Å²) in [7, 11) is 0. The molecule has 4 heterocycles. The van der Waals surface area contributed by atoms with Crippen molar-refractivity contribution in [3.8, 4) is 6.01 Å². The van der Waals surface area contributed by atoms with Gasteiger partial charge in [0.1, 0.15) is 16.9 Å². The highest BCUT2D eigenvalue weighted by molar-refractivity contribution is 9.10. The molecule has 1 amide bonds. The van der Waals surface area contributed by atoms with E-state index in [4.69, 9.17) is 14.2 Å². The van der Waals surface area contributed by atoms with Crippen molar-refractivity contribution in [2.24, 2.45) is 5.41 Å². The molecule has 2 bridgehead atoms. The average molecular weight is 675 g/mol. The normalized spacial score (nSPS) is 24.0. The van der Waals surface area contributed by atoms with E-state index < -0.39 is 33.7 Å². The summed E-state index contributed by atoms with van der Waals surface area (Å²) >= 11 is 2.81. The second-order valence-corrected chi connectivity index (χ2v) is 13.9. The van der Waals surface area contributed by atoms with Gasteiger partial charge in [0.25, 0.3) is 0 Å². The van der Waals surface area contributed by atoms with E-state index in [1.165, 1.54) is 0 Å². The predicted octanol–water partition coefficient (Wildman–Crippen LogP) is 5.63. The van der Waals surface area contributed by atoms with Crippen molar-refractivity contribution in [1.82, 2.24) is 19.8 Å². The monoisotopic (exact) mass is 673 g/mol. The second kappa shape index (κ2) is 11.2. The van der Waals surface area contributed by atoms with Crippen LogP contribution in [0.1, 0.15) is 52.0 Å². The molecule has 2 unspecified atom stereocenters. The van der Waals surface area contributed by atoms with Crippen LogP contribution in [0.3, 0.4) is 0 Å². The number of hydrogen-bond donors (Lipinski definition) is 0. The molecule has 2 atom stereocenters. The molecule has 4 fully saturated rings. The van der Waals surface area contributed by atoms with Gasteiger partial charge in [-0.1, -0.05) is 0 Å².